The third kappa shape index (κ3) is 3.70. The van der Waals surface area contributed by atoms with Gasteiger partial charge >= 0.3 is 11.9 Å². The molecule has 104 valence electrons. The first kappa shape index (κ1) is 15.0. The molecule has 0 aromatic carbocycles. The minimum Gasteiger partial charge on any atom is -0.455 e. The van der Waals surface area contributed by atoms with E-state index in [1.165, 1.54) is 13.8 Å². The van der Waals surface area contributed by atoms with Crippen molar-refractivity contribution in [3.05, 3.63) is 0 Å². The molecular weight excluding hydrogens is 236 g/mol. The van der Waals surface area contributed by atoms with Crippen LogP contribution in [0, 0.1) is 5.92 Å². The number of esters is 2. The highest BCUT2D eigenvalue weighted by molar-refractivity contribution is 5.67. The van der Waals surface area contributed by atoms with Gasteiger partial charge in [0.15, 0.2) is 6.10 Å². The summed E-state index contributed by atoms with van der Waals surface area (Å²) in [6.45, 7) is 6.75. The van der Waals surface area contributed by atoms with Gasteiger partial charge in [-0.15, -0.1) is 0 Å². The number of carbonyl (C=O) groups is 2. The van der Waals surface area contributed by atoms with Crippen LogP contribution in [-0.2, 0) is 23.8 Å². The Labute approximate surface area is 108 Å². The van der Waals surface area contributed by atoms with Gasteiger partial charge in [0.2, 0.25) is 6.29 Å². The van der Waals surface area contributed by atoms with Crippen LogP contribution >= 0.6 is 0 Å². The third-order valence-corrected chi connectivity index (χ3v) is 3.09. The van der Waals surface area contributed by atoms with E-state index in [1.54, 1.807) is 0 Å². The van der Waals surface area contributed by atoms with E-state index >= 15 is 0 Å². The van der Waals surface area contributed by atoms with Crippen LogP contribution in [0.3, 0.4) is 0 Å². The Bertz CT molecular complexity index is 302. The summed E-state index contributed by atoms with van der Waals surface area (Å²) >= 11 is 0. The summed E-state index contributed by atoms with van der Waals surface area (Å²) in [6.07, 6.45) is 1.37. The predicted octanol–water partition coefficient (Wildman–Crippen LogP) is 2.03. The summed E-state index contributed by atoms with van der Waals surface area (Å²) in [5.74, 6) is -0.712. The van der Waals surface area contributed by atoms with Gasteiger partial charge in [-0.05, 0) is 12.8 Å². The van der Waals surface area contributed by atoms with Crippen molar-refractivity contribution in [3.63, 3.8) is 0 Å². The second kappa shape index (κ2) is 6.73. The average molecular weight is 258 g/mol. The molecule has 5 heteroatoms. The van der Waals surface area contributed by atoms with Crippen LogP contribution in [0.5, 0.6) is 0 Å². The fraction of sp³-hybridized carbons (Fsp3) is 0.846. The third-order valence-electron chi connectivity index (χ3n) is 3.09. The van der Waals surface area contributed by atoms with Gasteiger partial charge in [0, 0.05) is 19.8 Å². The molecule has 0 aromatic rings. The van der Waals surface area contributed by atoms with Crippen molar-refractivity contribution in [2.45, 2.75) is 65.5 Å². The van der Waals surface area contributed by atoms with Crippen molar-refractivity contribution in [3.8, 4) is 0 Å². The Morgan fingerprint density at radius 3 is 2.17 bits per heavy atom. The standard InChI is InChI=1S/C13H22O5/c1-5-7-10-11(6-2)18-13(17-9(4)15)12(10)16-8(3)14/h10-13H,5-7H2,1-4H3/t10-,11+,12?,13?/m0/s1. The van der Waals surface area contributed by atoms with Crippen LogP contribution in [-0.4, -0.2) is 30.4 Å². The van der Waals surface area contributed by atoms with E-state index in [9.17, 15) is 9.59 Å². The SMILES string of the molecule is CCC[C@@H]1C(OC(C)=O)C(OC(C)=O)O[C@@H]1CC. The van der Waals surface area contributed by atoms with E-state index in [-0.39, 0.29) is 18.0 Å². The molecule has 0 aromatic heterocycles. The number of rotatable bonds is 5. The van der Waals surface area contributed by atoms with Crippen molar-refractivity contribution in [2.24, 2.45) is 5.92 Å². The molecule has 1 heterocycles. The molecule has 0 saturated carbocycles. The van der Waals surface area contributed by atoms with Crippen LogP contribution in [0.15, 0.2) is 0 Å². The van der Waals surface area contributed by atoms with Crippen molar-refractivity contribution in [1.82, 2.24) is 0 Å². The summed E-state index contributed by atoms with van der Waals surface area (Å²) in [5, 5.41) is 0. The van der Waals surface area contributed by atoms with Crippen molar-refractivity contribution in [1.29, 1.82) is 0 Å². The van der Waals surface area contributed by atoms with Crippen LogP contribution in [0.1, 0.15) is 47.0 Å². The summed E-state index contributed by atoms with van der Waals surface area (Å²) in [5.41, 5.74) is 0. The van der Waals surface area contributed by atoms with Crippen molar-refractivity contribution >= 4 is 11.9 Å². The van der Waals surface area contributed by atoms with Gasteiger partial charge in [-0.3, -0.25) is 9.59 Å². The van der Waals surface area contributed by atoms with Crippen LogP contribution in [0.4, 0.5) is 0 Å². The van der Waals surface area contributed by atoms with E-state index in [4.69, 9.17) is 14.2 Å². The normalized spacial score (nSPS) is 31.1. The molecule has 1 saturated heterocycles. The second-order valence-corrected chi connectivity index (χ2v) is 4.59. The molecule has 1 fully saturated rings. The lowest BCUT2D eigenvalue weighted by Gasteiger charge is -2.22. The molecule has 0 N–H and O–H groups in total. The van der Waals surface area contributed by atoms with E-state index in [1.807, 2.05) is 6.92 Å². The highest BCUT2D eigenvalue weighted by atomic mass is 16.7. The molecule has 18 heavy (non-hydrogen) atoms. The van der Waals surface area contributed by atoms with Crippen molar-refractivity contribution in [2.75, 3.05) is 0 Å². The highest BCUT2D eigenvalue weighted by Crippen LogP contribution is 2.35. The maximum absolute atomic E-state index is 11.2. The number of hydrogen-bond acceptors (Lipinski definition) is 5. The molecule has 0 spiro atoms. The number of ether oxygens (including phenoxy) is 3. The van der Waals surface area contributed by atoms with E-state index in [0.717, 1.165) is 19.3 Å². The first-order valence-corrected chi connectivity index (χ1v) is 6.49. The lowest BCUT2D eigenvalue weighted by atomic mass is 9.92. The topological polar surface area (TPSA) is 61.8 Å². The lowest BCUT2D eigenvalue weighted by molar-refractivity contribution is -0.194. The molecule has 0 radical (unpaired) electrons. The van der Waals surface area contributed by atoms with Gasteiger partial charge in [-0.2, -0.15) is 0 Å². The highest BCUT2D eigenvalue weighted by Gasteiger charge is 2.47. The molecule has 1 aliphatic rings. The van der Waals surface area contributed by atoms with Gasteiger partial charge in [-0.25, -0.2) is 0 Å². The zero-order valence-corrected chi connectivity index (χ0v) is 11.5. The summed E-state index contributed by atoms with van der Waals surface area (Å²) in [4.78, 5) is 22.2. The predicted molar refractivity (Wildman–Crippen MR) is 64.7 cm³/mol. The second-order valence-electron chi connectivity index (χ2n) is 4.59. The summed E-state index contributed by atoms with van der Waals surface area (Å²) in [6, 6.07) is 0. The minimum absolute atomic E-state index is 0.0290. The van der Waals surface area contributed by atoms with Crippen LogP contribution in [0.25, 0.3) is 0 Å². The molecule has 1 aliphatic heterocycles. The Morgan fingerprint density at radius 1 is 1.11 bits per heavy atom. The first-order valence-electron chi connectivity index (χ1n) is 6.49. The Morgan fingerprint density at radius 2 is 1.72 bits per heavy atom. The van der Waals surface area contributed by atoms with Crippen LogP contribution in [0.2, 0.25) is 0 Å². The number of hydrogen-bond donors (Lipinski definition) is 0. The molecular formula is C13H22O5. The maximum Gasteiger partial charge on any atom is 0.305 e. The molecule has 1 rings (SSSR count). The fourth-order valence-corrected chi connectivity index (χ4v) is 2.44. The van der Waals surface area contributed by atoms with E-state index in [2.05, 4.69) is 6.92 Å². The molecule has 0 aliphatic carbocycles. The van der Waals surface area contributed by atoms with Crippen molar-refractivity contribution < 1.29 is 23.8 Å². The fourth-order valence-electron chi connectivity index (χ4n) is 2.44. The molecule has 2 unspecified atom stereocenters. The summed E-state index contributed by atoms with van der Waals surface area (Å²) < 4.78 is 16.1. The Kier molecular flexibility index (Phi) is 5.59. The minimum atomic E-state index is -0.770. The monoisotopic (exact) mass is 258 g/mol. The average Bonchev–Trinajstić information content (AvgIpc) is 2.57. The van der Waals surface area contributed by atoms with Gasteiger partial charge < -0.3 is 14.2 Å². The zero-order valence-electron chi connectivity index (χ0n) is 11.5. The van der Waals surface area contributed by atoms with E-state index in [0.29, 0.717) is 0 Å². The largest absolute Gasteiger partial charge is 0.455 e. The Hall–Kier alpha value is -1.10. The Balaban J connectivity index is 2.82. The van der Waals surface area contributed by atoms with Gasteiger partial charge in [0.1, 0.15) is 0 Å². The van der Waals surface area contributed by atoms with E-state index < -0.39 is 18.4 Å². The maximum atomic E-state index is 11.2. The molecule has 0 bridgehead atoms. The smallest absolute Gasteiger partial charge is 0.305 e. The van der Waals surface area contributed by atoms with Gasteiger partial charge in [0.25, 0.3) is 0 Å². The lowest BCUT2D eigenvalue weighted by Crippen LogP contribution is -2.34. The molecule has 4 atom stereocenters. The summed E-state index contributed by atoms with van der Waals surface area (Å²) in [7, 11) is 0. The number of carbonyl (C=O) groups excluding carboxylic acids is 2. The van der Waals surface area contributed by atoms with Crippen LogP contribution < -0.4 is 0 Å². The quantitative estimate of drug-likeness (QED) is 0.706. The molecule has 5 nitrogen and oxygen atoms in total. The van der Waals surface area contributed by atoms with Gasteiger partial charge in [0.05, 0.1) is 6.10 Å². The first-order chi connectivity index (χ1) is 8.49. The molecule has 0 amide bonds. The zero-order chi connectivity index (χ0) is 13.7. The van der Waals surface area contributed by atoms with Gasteiger partial charge in [-0.1, -0.05) is 20.3 Å².